The lowest BCUT2D eigenvalue weighted by atomic mass is 10.0. The van der Waals surface area contributed by atoms with Crippen LogP contribution in [0.5, 0.6) is 0 Å². The van der Waals surface area contributed by atoms with Crippen LogP contribution in [0.25, 0.3) is 0 Å². The van der Waals surface area contributed by atoms with E-state index >= 15 is 0 Å². The van der Waals surface area contributed by atoms with Gasteiger partial charge in [-0.25, -0.2) is 4.39 Å². The Morgan fingerprint density at radius 1 is 1.29 bits per heavy atom. The van der Waals surface area contributed by atoms with Crippen molar-refractivity contribution in [3.63, 3.8) is 0 Å². The Balaban J connectivity index is 0.00000256. The van der Waals surface area contributed by atoms with Gasteiger partial charge in [-0.2, -0.15) is 13.2 Å². The Kier molecular flexibility index (Phi) is 5.92. The van der Waals surface area contributed by atoms with Gasteiger partial charge in [0.15, 0.2) is 0 Å². The highest BCUT2D eigenvalue weighted by Crippen LogP contribution is 2.26. The van der Waals surface area contributed by atoms with Crippen LogP contribution in [0, 0.1) is 12.7 Å². The van der Waals surface area contributed by atoms with Crippen LogP contribution in [-0.2, 0) is 0 Å². The molecule has 0 unspecified atom stereocenters. The van der Waals surface area contributed by atoms with E-state index in [1.807, 2.05) is 0 Å². The quantitative estimate of drug-likeness (QED) is 0.829. The first kappa shape index (κ1) is 16.2. The number of alkyl halides is 3. The molecule has 0 spiro atoms. The Hall–Kier alpha value is -0.810. The Morgan fingerprint density at radius 3 is 2.35 bits per heavy atom. The van der Waals surface area contributed by atoms with Gasteiger partial charge in [-0.3, -0.25) is 0 Å². The van der Waals surface area contributed by atoms with Crippen LogP contribution >= 0.6 is 12.4 Å². The van der Waals surface area contributed by atoms with Crippen LogP contribution in [-0.4, -0.2) is 6.18 Å². The third-order valence-electron chi connectivity index (χ3n) is 2.35. The second-order valence-electron chi connectivity index (χ2n) is 3.77. The maximum atomic E-state index is 12.9. The lowest BCUT2D eigenvalue weighted by molar-refractivity contribution is -0.136. The van der Waals surface area contributed by atoms with Gasteiger partial charge < -0.3 is 5.73 Å². The van der Waals surface area contributed by atoms with Gasteiger partial charge in [-0.05, 0) is 30.5 Å². The maximum absolute atomic E-state index is 12.9. The molecule has 0 saturated heterocycles. The van der Waals surface area contributed by atoms with E-state index in [0.717, 1.165) is 0 Å². The summed E-state index contributed by atoms with van der Waals surface area (Å²) in [7, 11) is 0. The zero-order valence-electron chi connectivity index (χ0n) is 9.22. The fraction of sp³-hybridized carbons (Fsp3) is 0.455. The van der Waals surface area contributed by atoms with Crippen molar-refractivity contribution in [2.45, 2.75) is 32.0 Å². The van der Waals surface area contributed by atoms with E-state index in [0.29, 0.717) is 11.1 Å². The molecule has 2 N–H and O–H groups in total. The molecule has 1 rings (SSSR count). The van der Waals surface area contributed by atoms with E-state index in [2.05, 4.69) is 0 Å². The van der Waals surface area contributed by atoms with Crippen molar-refractivity contribution < 1.29 is 17.6 Å². The highest BCUT2D eigenvalue weighted by Gasteiger charge is 2.27. The van der Waals surface area contributed by atoms with Crippen molar-refractivity contribution >= 4 is 12.4 Å². The summed E-state index contributed by atoms with van der Waals surface area (Å²) in [5, 5.41) is 0. The third-order valence-corrected chi connectivity index (χ3v) is 2.35. The zero-order valence-corrected chi connectivity index (χ0v) is 10.0. The molecule has 6 heteroatoms. The molecular formula is C11H14ClF4N. The molecule has 0 amide bonds. The fourth-order valence-electron chi connectivity index (χ4n) is 1.38. The van der Waals surface area contributed by atoms with Gasteiger partial charge in [0.05, 0.1) is 0 Å². The molecule has 1 aromatic carbocycles. The second-order valence-corrected chi connectivity index (χ2v) is 3.77. The van der Waals surface area contributed by atoms with Crippen LogP contribution in [0.15, 0.2) is 18.2 Å². The number of benzene rings is 1. The number of hydrogen-bond donors (Lipinski definition) is 1. The molecular weight excluding hydrogens is 258 g/mol. The largest absolute Gasteiger partial charge is 0.389 e. The predicted molar refractivity (Wildman–Crippen MR) is 60.6 cm³/mol. The maximum Gasteiger partial charge on any atom is 0.389 e. The Bertz CT molecular complexity index is 365. The van der Waals surface area contributed by atoms with Gasteiger partial charge in [-0.1, -0.05) is 12.1 Å². The first-order chi connectivity index (χ1) is 7.29. The SMILES string of the molecule is Cc1cc([C@@H](N)CCC(F)(F)F)ccc1F.Cl. The smallest absolute Gasteiger partial charge is 0.324 e. The molecule has 0 aromatic heterocycles. The number of nitrogens with two attached hydrogens (primary N) is 1. The standard InChI is InChI=1S/C11H13F4N.ClH/c1-7-6-8(2-3-9(7)12)10(16)4-5-11(13,14)15;/h2-3,6,10H,4-5,16H2,1H3;1H/t10-;/m0./s1. The van der Waals surface area contributed by atoms with E-state index < -0.39 is 18.6 Å². The lowest BCUT2D eigenvalue weighted by Crippen LogP contribution is -2.16. The monoisotopic (exact) mass is 271 g/mol. The minimum absolute atomic E-state index is 0. The van der Waals surface area contributed by atoms with E-state index in [1.165, 1.54) is 18.2 Å². The van der Waals surface area contributed by atoms with Crippen LogP contribution in [0.2, 0.25) is 0 Å². The summed E-state index contributed by atoms with van der Waals surface area (Å²) < 4.78 is 48.8. The zero-order chi connectivity index (χ0) is 12.3. The van der Waals surface area contributed by atoms with Gasteiger partial charge in [0.2, 0.25) is 0 Å². The lowest BCUT2D eigenvalue weighted by Gasteiger charge is -2.14. The van der Waals surface area contributed by atoms with E-state index in [-0.39, 0.29) is 24.6 Å². The summed E-state index contributed by atoms with van der Waals surface area (Å²) in [6.45, 7) is 1.55. The van der Waals surface area contributed by atoms with Gasteiger partial charge in [0, 0.05) is 12.5 Å². The minimum Gasteiger partial charge on any atom is -0.324 e. The summed E-state index contributed by atoms with van der Waals surface area (Å²) >= 11 is 0. The first-order valence-electron chi connectivity index (χ1n) is 4.88. The highest BCUT2D eigenvalue weighted by atomic mass is 35.5. The number of rotatable bonds is 3. The normalized spacial score (nSPS) is 13.1. The molecule has 0 radical (unpaired) electrons. The topological polar surface area (TPSA) is 26.0 Å². The average molecular weight is 272 g/mol. The average Bonchev–Trinajstić information content (AvgIpc) is 2.17. The molecule has 1 nitrogen and oxygen atoms in total. The first-order valence-corrected chi connectivity index (χ1v) is 4.88. The number of hydrogen-bond acceptors (Lipinski definition) is 1. The van der Waals surface area contributed by atoms with E-state index in [1.54, 1.807) is 6.92 Å². The molecule has 0 bridgehead atoms. The number of aryl methyl sites for hydroxylation is 1. The Morgan fingerprint density at radius 2 is 1.88 bits per heavy atom. The summed E-state index contributed by atoms with van der Waals surface area (Å²) in [6.07, 6.45) is -5.31. The van der Waals surface area contributed by atoms with Crippen molar-refractivity contribution in [1.82, 2.24) is 0 Å². The van der Waals surface area contributed by atoms with Crippen molar-refractivity contribution in [3.05, 3.63) is 35.1 Å². The Labute approximate surface area is 103 Å². The van der Waals surface area contributed by atoms with Gasteiger partial charge in [-0.15, -0.1) is 12.4 Å². The van der Waals surface area contributed by atoms with Crippen LogP contribution in [0.3, 0.4) is 0 Å². The highest BCUT2D eigenvalue weighted by molar-refractivity contribution is 5.85. The molecule has 0 saturated carbocycles. The van der Waals surface area contributed by atoms with E-state index in [9.17, 15) is 17.6 Å². The molecule has 0 aliphatic carbocycles. The van der Waals surface area contributed by atoms with Crippen molar-refractivity contribution in [2.75, 3.05) is 0 Å². The van der Waals surface area contributed by atoms with Crippen molar-refractivity contribution in [1.29, 1.82) is 0 Å². The summed E-state index contributed by atoms with van der Waals surface area (Å²) in [6, 6.07) is 3.42. The van der Waals surface area contributed by atoms with Crippen molar-refractivity contribution in [2.24, 2.45) is 5.73 Å². The molecule has 0 fully saturated rings. The predicted octanol–water partition coefficient (Wildman–Crippen LogP) is 3.90. The van der Waals surface area contributed by atoms with Crippen molar-refractivity contribution in [3.8, 4) is 0 Å². The van der Waals surface area contributed by atoms with E-state index in [4.69, 9.17) is 5.73 Å². The second kappa shape index (κ2) is 6.21. The van der Waals surface area contributed by atoms with Gasteiger partial charge in [0.1, 0.15) is 5.82 Å². The molecule has 0 aliphatic heterocycles. The summed E-state index contributed by atoms with van der Waals surface area (Å²) in [5.74, 6) is -0.383. The summed E-state index contributed by atoms with van der Waals surface area (Å²) in [4.78, 5) is 0. The van der Waals surface area contributed by atoms with Crippen LogP contribution < -0.4 is 5.73 Å². The minimum atomic E-state index is -4.20. The number of halogens is 5. The molecule has 0 aliphatic rings. The summed E-state index contributed by atoms with van der Waals surface area (Å²) in [5.41, 5.74) is 6.52. The van der Waals surface area contributed by atoms with Gasteiger partial charge >= 0.3 is 6.18 Å². The van der Waals surface area contributed by atoms with Crippen LogP contribution in [0.1, 0.15) is 30.0 Å². The molecule has 1 aromatic rings. The molecule has 17 heavy (non-hydrogen) atoms. The third kappa shape index (κ3) is 5.37. The van der Waals surface area contributed by atoms with Gasteiger partial charge in [0.25, 0.3) is 0 Å². The molecule has 1 atom stereocenters. The van der Waals surface area contributed by atoms with Crippen LogP contribution in [0.4, 0.5) is 17.6 Å². The molecule has 0 heterocycles. The fourth-order valence-corrected chi connectivity index (χ4v) is 1.38. The molecule has 98 valence electrons.